The van der Waals surface area contributed by atoms with Crippen molar-refractivity contribution in [3.8, 4) is 0 Å². The van der Waals surface area contributed by atoms with Gasteiger partial charge in [0, 0.05) is 24.9 Å². The Morgan fingerprint density at radius 3 is 2.67 bits per heavy atom. The van der Waals surface area contributed by atoms with Crippen molar-refractivity contribution in [3.63, 3.8) is 0 Å². The summed E-state index contributed by atoms with van der Waals surface area (Å²) in [4.78, 5) is 29.2. The predicted molar refractivity (Wildman–Crippen MR) is 94.4 cm³/mol. The van der Waals surface area contributed by atoms with Crippen molar-refractivity contribution in [3.05, 3.63) is 30.1 Å². The molecule has 0 saturated heterocycles. The van der Waals surface area contributed by atoms with Crippen molar-refractivity contribution in [2.24, 2.45) is 0 Å². The van der Waals surface area contributed by atoms with Crippen LogP contribution in [-0.2, 0) is 16.0 Å². The third-order valence-corrected chi connectivity index (χ3v) is 4.62. The van der Waals surface area contributed by atoms with Gasteiger partial charge in [-0.1, -0.05) is 32.3 Å². The summed E-state index contributed by atoms with van der Waals surface area (Å²) in [6.07, 6.45) is 9.24. The molecule has 2 N–H and O–H groups in total. The maximum Gasteiger partial charge on any atom is 0.245 e. The number of carbonyl (C=O) groups is 2. The van der Waals surface area contributed by atoms with E-state index in [-0.39, 0.29) is 11.8 Å². The molecule has 2 amide bonds. The molecule has 1 heterocycles. The van der Waals surface area contributed by atoms with Crippen LogP contribution in [0.1, 0.15) is 64.0 Å². The Hall–Kier alpha value is -1.91. The molecule has 0 bridgehead atoms. The Morgan fingerprint density at radius 2 is 2.00 bits per heavy atom. The van der Waals surface area contributed by atoms with Gasteiger partial charge < -0.3 is 10.6 Å². The average molecular weight is 331 g/mol. The number of rotatable bonds is 8. The van der Waals surface area contributed by atoms with Crippen LogP contribution < -0.4 is 10.6 Å². The fourth-order valence-corrected chi connectivity index (χ4v) is 3.28. The minimum atomic E-state index is -0.699. The normalized spacial score (nSPS) is 16.4. The molecule has 1 aromatic heterocycles. The number of hydrogen-bond donors (Lipinski definition) is 2. The Morgan fingerprint density at radius 1 is 1.21 bits per heavy atom. The smallest absolute Gasteiger partial charge is 0.245 e. The number of amides is 2. The highest BCUT2D eigenvalue weighted by Crippen LogP contribution is 2.28. The van der Waals surface area contributed by atoms with Gasteiger partial charge in [0.2, 0.25) is 11.8 Å². The first kappa shape index (κ1) is 18.4. The molecule has 24 heavy (non-hydrogen) atoms. The van der Waals surface area contributed by atoms with Gasteiger partial charge in [-0.05, 0) is 44.2 Å². The zero-order valence-electron chi connectivity index (χ0n) is 14.6. The molecule has 0 aliphatic heterocycles. The van der Waals surface area contributed by atoms with E-state index in [1.807, 2.05) is 25.1 Å². The van der Waals surface area contributed by atoms with Crippen molar-refractivity contribution < 1.29 is 9.59 Å². The van der Waals surface area contributed by atoms with Crippen LogP contribution in [0.3, 0.4) is 0 Å². The monoisotopic (exact) mass is 331 g/mol. The van der Waals surface area contributed by atoms with Crippen LogP contribution in [0.15, 0.2) is 24.4 Å². The molecular formula is C19H29N3O2. The number of aryl methyl sites for hydroxylation is 1. The van der Waals surface area contributed by atoms with E-state index < -0.39 is 5.54 Å². The average Bonchev–Trinajstić information content (AvgIpc) is 2.61. The van der Waals surface area contributed by atoms with E-state index >= 15 is 0 Å². The zero-order valence-corrected chi connectivity index (χ0v) is 14.6. The van der Waals surface area contributed by atoms with Crippen molar-refractivity contribution in [2.75, 3.05) is 6.54 Å². The Kier molecular flexibility index (Phi) is 7.22. The molecule has 0 atom stereocenters. The Balaban J connectivity index is 1.86. The van der Waals surface area contributed by atoms with Gasteiger partial charge >= 0.3 is 0 Å². The van der Waals surface area contributed by atoms with Gasteiger partial charge in [0.15, 0.2) is 0 Å². The number of nitrogens with zero attached hydrogens (tertiary/aromatic N) is 1. The number of hydrogen-bond acceptors (Lipinski definition) is 3. The SMILES string of the molecule is CCCNC(=O)C1(NC(=O)CCCc2ccccn2)CCCCC1. The Bertz CT molecular complexity index is 525. The van der Waals surface area contributed by atoms with Crippen LogP contribution in [0, 0.1) is 0 Å². The molecule has 5 heteroatoms. The minimum Gasteiger partial charge on any atom is -0.354 e. The topological polar surface area (TPSA) is 71.1 Å². The number of aromatic nitrogens is 1. The van der Waals surface area contributed by atoms with Gasteiger partial charge in [0.1, 0.15) is 5.54 Å². The Labute approximate surface area is 144 Å². The van der Waals surface area contributed by atoms with E-state index in [1.165, 1.54) is 0 Å². The first-order valence-electron chi connectivity index (χ1n) is 9.15. The van der Waals surface area contributed by atoms with Gasteiger partial charge in [0.05, 0.1) is 0 Å². The fraction of sp³-hybridized carbons (Fsp3) is 0.632. The molecule has 0 radical (unpaired) electrons. The second-order valence-electron chi connectivity index (χ2n) is 6.62. The molecule has 1 saturated carbocycles. The number of nitrogens with one attached hydrogen (secondary N) is 2. The highest BCUT2D eigenvalue weighted by Gasteiger charge is 2.40. The summed E-state index contributed by atoms with van der Waals surface area (Å²) >= 11 is 0. The van der Waals surface area contributed by atoms with Gasteiger partial charge in [-0.2, -0.15) is 0 Å². The molecule has 0 spiro atoms. The standard InChI is InChI=1S/C19H29N3O2/c1-2-14-21-18(24)19(12-5-3-6-13-19)22-17(23)11-8-10-16-9-4-7-15-20-16/h4,7,9,15H,2-3,5-6,8,10-14H2,1H3,(H,21,24)(H,22,23). The molecular weight excluding hydrogens is 302 g/mol. The molecule has 5 nitrogen and oxygen atoms in total. The fourth-order valence-electron chi connectivity index (χ4n) is 3.28. The van der Waals surface area contributed by atoms with Gasteiger partial charge in [-0.3, -0.25) is 14.6 Å². The van der Waals surface area contributed by atoms with E-state index in [2.05, 4.69) is 15.6 Å². The van der Waals surface area contributed by atoms with Gasteiger partial charge in [-0.25, -0.2) is 0 Å². The summed E-state index contributed by atoms with van der Waals surface area (Å²) in [6.45, 7) is 2.69. The quantitative estimate of drug-likeness (QED) is 0.769. The van der Waals surface area contributed by atoms with Crippen molar-refractivity contribution in [2.45, 2.75) is 70.3 Å². The lowest BCUT2D eigenvalue weighted by Crippen LogP contribution is -2.59. The molecule has 0 unspecified atom stereocenters. The first-order valence-corrected chi connectivity index (χ1v) is 9.15. The van der Waals surface area contributed by atoms with E-state index in [1.54, 1.807) is 6.20 Å². The first-order chi connectivity index (χ1) is 11.7. The summed E-state index contributed by atoms with van der Waals surface area (Å²) in [5, 5.41) is 6.02. The van der Waals surface area contributed by atoms with Crippen LogP contribution in [0.4, 0.5) is 0 Å². The summed E-state index contributed by atoms with van der Waals surface area (Å²) in [7, 11) is 0. The lowest BCUT2D eigenvalue weighted by atomic mass is 9.80. The maximum atomic E-state index is 12.6. The van der Waals surface area contributed by atoms with E-state index in [0.717, 1.165) is 57.1 Å². The number of carbonyl (C=O) groups excluding carboxylic acids is 2. The highest BCUT2D eigenvalue weighted by molar-refractivity contribution is 5.91. The van der Waals surface area contributed by atoms with Crippen LogP contribution >= 0.6 is 0 Å². The van der Waals surface area contributed by atoms with Crippen molar-refractivity contribution >= 4 is 11.8 Å². The third-order valence-electron chi connectivity index (χ3n) is 4.62. The lowest BCUT2D eigenvalue weighted by molar-refractivity contribution is -0.135. The number of pyridine rings is 1. The largest absolute Gasteiger partial charge is 0.354 e. The zero-order chi connectivity index (χ0) is 17.3. The van der Waals surface area contributed by atoms with Crippen molar-refractivity contribution in [1.29, 1.82) is 0 Å². The molecule has 1 aromatic rings. The molecule has 1 aliphatic carbocycles. The summed E-state index contributed by atoms with van der Waals surface area (Å²) in [5.41, 5.74) is 0.300. The van der Waals surface area contributed by atoms with Gasteiger partial charge in [-0.15, -0.1) is 0 Å². The summed E-state index contributed by atoms with van der Waals surface area (Å²) < 4.78 is 0. The minimum absolute atomic E-state index is 0.0119. The van der Waals surface area contributed by atoms with Crippen LogP contribution in [0.2, 0.25) is 0 Å². The van der Waals surface area contributed by atoms with Crippen LogP contribution in [0.5, 0.6) is 0 Å². The van der Waals surface area contributed by atoms with Crippen LogP contribution in [0.25, 0.3) is 0 Å². The van der Waals surface area contributed by atoms with Gasteiger partial charge in [0.25, 0.3) is 0 Å². The second kappa shape index (κ2) is 9.40. The molecule has 0 aromatic carbocycles. The molecule has 1 fully saturated rings. The van der Waals surface area contributed by atoms with E-state index in [4.69, 9.17) is 0 Å². The lowest BCUT2D eigenvalue weighted by Gasteiger charge is -2.36. The van der Waals surface area contributed by atoms with Crippen molar-refractivity contribution in [1.82, 2.24) is 15.6 Å². The third kappa shape index (κ3) is 5.32. The summed E-state index contributed by atoms with van der Waals surface area (Å²) in [6, 6.07) is 5.81. The predicted octanol–water partition coefficient (Wildman–Crippen LogP) is 2.75. The van der Waals surface area contributed by atoms with E-state index in [0.29, 0.717) is 13.0 Å². The molecule has 1 aliphatic rings. The molecule has 2 rings (SSSR count). The molecule has 132 valence electrons. The maximum absolute atomic E-state index is 12.6. The van der Waals surface area contributed by atoms with Crippen LogP contribution in [-0.4, -0.2) is 28.9 Å². The summed E-state index contributed by atoms with van der Waals surface area (Å²) in [5.74, 6) is -0.0402. The van der Waals surface area contributed by atoms with E-state index in [9.17, 15) is 9.59 Å². The highest BCUT2D eigenvalue weighted by atomic mass is 16.2. The second-order valence-corrected chi connectivity index (χ2v) is 6.62.